The molecule has 0 unspecified atom stereocenters. The number of Topliss-reactive ketones (excluding diaryl/α,β-unsaturated/α-hetero) is 1. The molecule has 2 bridgehead atoms. The summed E-state index contributed by atoms with van der Waals surface area (Å²) in [6.45, 7) is 6.71. The van der Waals surface area contributed by atoms with Gasteiger partial charge < -0.3 is 5.11 Å². The fourth-order valence-electron chi connectivity index (χ4n) is 4.91. The summed E-state index contributed by atoms with van der Waals surface area (Å²) in [7, 11) is 0. The lowest BCUT2D eigenvalue weighted by Gasteiger charge is -2.57. The molecule has 0 amide bonds. The molecule has 2 heteroatoms. The van der Waals surface area contributed by atoms with E-state index in [4.69, 9.17) is 0 Å². The van der Waals surface area contributed by atoms with Crippen molar-refractivity contribution in [2.45, 2.75) is 64.9 Å². The van der Waals surface area contributed by atoms with E-state index in [9.17, 15) is 9.90 Å². The molecular formula is C15H24O2. The van der Waals surface area contributed by atoms with E-state index in [-0.39, 0.29) is 5.41 Å². The maximum absolute atomic E-state index is 12.1. The van der Waals surface area contributed by atoms with Gasteiger partial charge in [-0.05, 0) is 49.4 Å². The second-order valence-electron chi connectivity index (χ2n) is 7.71. The molecule has 0 saturated heterocycles. The lowest BCUT2D eigenvalue weighted by atomic mass is 9.49. The fourth-order valence-corrected chi connectivity index (χ4v) is 4.91. The molecular weight excluding hydrogens is 212 g/mol. The molecule has 96 valence electrons. The van der Waals surface area contributed by atoms with Crippen LogP contribution in [0.1, 0.15) is 59.3 Å². The van der Waals surface area contributed by atoms with Gasteiger partial charge in [-0.25, -0.2) is 0 Å². The van der Waals surface area contributed by atoms with Gasteiger partial charge in [0.15, 0.2) is 0 Å². The van der Waals surface area contributed by atoms with Crippen LogP contribution in [0.2, 0.25) is 0 Å². The lowest BCUT2D eigenvalue weighted by Crippen LogP contribution is -2.57. The molecule has 3 aliphatic rings. The number of fused-ring (bicyclic) bond motifs is 4. The van der Waals surface area contributed by atoms with Gasteiger partial charge in [0.05, 0.1) is 5.60 Å². The molecule has 0 radical (unpaired) electrons. The first-order chi connectivity index (χ1) is 7.77. The maximum Gasteiger partial charge on any atom is 0.138 e. The summed E-state index contributed by atoms with van der Waals surface area (Å²) in [5.74, 6) is 1.47. The SMILES string of the molecule is CC1(C)C[C@H]2[C@H]1CC[C@@]1(C)C[C@]2(O)CCC1=O. The topological polar surface area (TPSA) is 37.3 Å². The summed E-state index contributed by atoms with van der Waals surface area (Å²) in [6, 6.07) is 0. The molecule has 3 rings (SSSR count). The molecule has 0 aromatic heterocycles. The van der Waals surface area contributed by atoms with E-state index >= 15 is 0 Å². The third-order valence-electron chi connectivity index (χ3n) is 6.09. The first-order valence-corrected chi connectivity index (χ1v) is 7.03. The second kappa shape index (κ2) is 3.14. The van der Waals surface area contributed by atoms with Crippen molar-refractivity contribution >= 4 is 5.78 Å². The minimum absolute atomic E-state index is 0.236. The highest BCUT2D eigenvalue weighted by atomic mass is 16.3. The molecule has 3 saturated carbocycles. The van der Waals surface area contributed by atoms with E-state index in [2.05, 4.69) is 20.8 Å². The van der Waals surface area contributed by atoms with E-state index in [1.807, 2.05) is 0 Å². The fraction of sp³-hybridized carbons (Fsp3) is 0.933. The number of rotatable bonds is 0. The van der Waals surface area contributed by atoms with Crippen molar-refractivity contribution in [2.24, 2.45) is 22.7 Å². The van der Waals surface area contributed by atoms with Crippen molar-refractivity contribution in [3.05, 3.63) is 0 Å². The van der Waals surface area contributed by atoms with E-state index in [0.29, 0.717) is 35.9 Å². The van der Waals surface area contributed by atoms with Gasteiger partial charge in [0.2, 0.25) is 0 Å². The minimum Gasteiger partial charge on any atom is -0.390 e. The first kappa shape index (κ1) is 11.7. The Balaban J connectivity index is 1.96. The first-order valence-electron chi connectivity index (χ1n) is 7.03. The highest BCUT2D eigenvalue weighted by Crippen LogP contribution is 2.63. The lowest BCUT2D eigenvalue weighted by molar-refractivity contribution is -0.168. The van der Waals surface area contributed by atoms with Crippen molar-refractivity contribution in [3.63, 3.8) is 0 Å². The third kappa shape index (κ3) is 1.46. The molecule has 0 aromatic rings. The maximum atomic E-state index is 12.1. The predicted molar refractivity (Wildman–Crippen MR) is 66.5 cm³/mol. The van der Waals surface area contributed by atoms with Crippen molar-refractivity contribution in [3.8, 4) is 0 Å². The zero-order valence-corrected chi connectivity index (χ0v) is 11.3. The van der Waals surface area contributed by atoms with Crippen molar-refractivity contribution in [2.75, 3.05) is 0 Å². The van der Waals surface area contributed by atoms with Crippen LogP contribution in [0.25, 0.3) is 0 Å². The Morgan fingerprint density at radius 1 is 1.18 bits per heavy atom. The highest BCUT2D eigenvalue weighted by Gasteiger charge is 2.61. The van der Waals surface area contributed by atoms with Gasteiger partial charge in [-0.15, -0.1) is 0 Å². The minimum atomic E-state index is -0.542. The van der Waals surface area contributed by atoms with Crippen LogP contribution in [-0.2, 0) is 4.79 Å². The number of hydrogen-bond donors (Lipinski definition) is 1. The van der Waals surface area contributed by atoms with Crippen LogP contribution in [0.3, 0.4) is 0 Å². The quantitative estimate of drug-likeness (QED) is 0.702. The number of carbonyl (C=O) groups excluding carboxylic acids is 1. The summed E-state index contributed by atoms with van der Waals surface area (Å²) in [6.07, 6.45) is 5.27. The summed E-state index contributed by atoms with van der Waals surface area (Å²) < 4.78 is 0. The van der Waals surface area contributed by atoms with Gasteiger partial charge in [-0.1, -0.05) is 20.8 Å². The summed E-state index contributed by atoms with van der Waals surface area (Å²) in [5.41, 5.74) is -0.406. The highest BCUT2D eigenvalue weighted by molar-refractivity contribution is 5.85. The number of carbonyl (C=O) groups is 1. The Hall–Kier alpha value is -0.370. The Bertz CT molecular complexity index is 373. The van der Waals surface area contributed by atoms with Crippen molar-refractivity contribution in [1.82, 2.24) is 0 Å². The number of ketones is 1. The van der Waals surface area contributed by atoms with E-state index in [1.54, 1.807) is 0 Å². The Kier molecular flexibility index (Phi) is 2.16. The molecule has 1 N–H and O–H groups in total. The Morgan fingerprint density at radius 3 is 2.53 bits per heavy atom. The van der Waals surface area contributed by atoms with Crippen LogP contribution in [0.5, 0.6) is 0 Å². The monoisotopic (exact) mass is 236 g/mol. The predicted octanol–water partition coefficient (Wildman–Crippen LogP) is 2.93. The molecule has 3 fully saturated rings. The zero-order valence-electron chi connectivity index (χ0n) is 11.3. The van der Waals surface area contributed by atoms with Gasteiger partial charge in [0.25, 0.3) is 0 Å². The Labute approximate surface area is 104 Å². The standard InChI is InChI=1S/C15H24O2/c1-13(2)8-11-10(13)4-6-14(3)9-15(11,17)7-5-12(14)16/h10-11,17H,4-9H2,1-3H3/t10-,11+,14+,15-/m1/s1. The Morgan fingerprint density at radius 2 is 1.88 bits per heavy atom. The second-order valence-corrected chi connectivity index (χ2v) is 7.71. The molecule has 3 aliphatic carbocycles. The van der Waals surface area contributed by atoms with E-state index in [0.717, 1.165) is 25.7 Å². The number of hydrogen-bond acceptors (Lipinski definition) is 2. The average molecular weight is 236 g/mol. The normalized spacial score (nSPS) is 52.4. The van der Waals surface area contributed by atoms with Crippen LogP contribution >= 0.6 is 0 Å². The van der Waals surface area contributed by atoms with Gasteiger partial charge in [0, 0.05) is 11.8 Å². The van der Waals surface area contributed by atoms with E-state index < -0.39 is 5.60 Å². The van der Waals surface area contributed by atoms with Crippen LogP contribution in [0.15, 0.2) is 0 Å². The molecule has 0 spiro atoms. The largest absolute Gasteiger partial charge is 0.390 e. The smallest absolute Gasteiger partial charge is 0.138 e. The van der Waals surface area contributed by atoms with Gasteiger partial charge in [0.1, 0.15) is 5.78 Å². The zero-order chi connectivity index (χ0) is 12.5. The van der Waals surface area contributed by atoms with Gasteiger partial charge in [-0.3, -0.25) is 4.79 Å². The van der Waals surface area contributed by atoms with Crippen LogP contribution in [0, 0.1) is 22.7 Å². The molecule has 0 heterocycles. The number of aliphatic hydroxyl groups is 1. The molecule has 2 nitrogen and oxygen atoms in total. The molecule has 17 heavy (non-hydrogen) atoms. The van der Waals surface area contributed by atoms with E-state index in [1.165, 1.54) is 0 Å². The van der Waals surface area contributed by atoms with Gasteiger partial charge >= 0.3 is 0 Å². The van der Waals surface area contributed by atoms with Crippen molar-refractivity contribution in [1.29, 1.82) is 0 Å². The van der Waals surface area contributed by atoms with Crippen LogP contribution in [-0.4, -0.2) is 16.5 Å². The van der Waals surface area contributed by atoms with Gasteiger partial charge in [-0.2, -0.15) is 0 Å². The molecule has 4 atom stereocenters. The molecule has 0 aliphatic heterocycles. The summed E-state index contributed by atoms with van der Waals surface area (Å²) in [4.78, 5) is 12.1. The van der Waals surface area contributed by atoms with Crippen LogP contribution in [0.4, 0.5) is 0 Å². The van der Waals surface area contributed by atoms with Crippen LogP contribution < -0.4 is 0 Å². The average Bonchev–Trinajstić information content (AvgIpc) is 2.28. The summed E-state index contributed by atoms with van der Waals surface area (Å²) >= 11 is 0. The van der Waals surface area contributed by atoms with Crippen molar-refractivity contribution < 1.29 is 9.90 Å². The summed E-state index contributed by atoms with van der Waals surface area (Å²) in [5, 5.41) is 10.9. The third-order valence-corrected chi connectivity index (χ3v) is 6.09. The molecule has 0 aromatic carbocycles.